The van der Waals surface area contributed by atoms with Crippen molar-refractivity contribution < 1.29 is 24.5 Å². The van der Waals surface area contributed by atoms with Gasteiger partial charge in [0, 0.05) is 6.08 Å². The van der Waals surface area contributed by atoms with Crippen molar-refractivity contribution in [2.45, 2.75) is 0 Å². The Kier molecular flexibility index (Phi) is 2.11. The van der Waals surface area contributed by atoms with Crippen LogP contribution in [0.15, 0.2) is 36.0 Å². The first-order chi connectivity index (χ1) is 5.36. The monoisotopic (exact) mass is 222 g/mol. The van der Waals surface area contributed by atoms with Gasteiger partial charge in [-0.3, -0.25) is 0 Å². The summed E-state index contributed by atoms with van der Waals surface area (Å²) in [6.07, 6.45) is -0.239. The molecule has 0 spiro atoms. The van der Waals surface area contributed by atoms with Gasteiger partial charge in [0.25, 0.3) is 0 Å². The van der Waals surface area contributed by atoms with Gasteiger partial charge in [-0.2, -0.15) is 0 Å². The highest BCUT2D eigenvalue weighted by Crippen LogP contribution is 3.02. The number of aliphatic hydroxyl groups excluding tert-OH is 1. The van der Waals surface area contributed by atoms with E-state index in [-0.39, 0.29) is 12.2 Å². The molecule has 0 rings (SSSR count). The normalized spacial score (nSPS) is 18.7. The molecule has 0 radical (unpaired) electrons. The Morgan fingerprint density at radius 3 is 1.62 bits per heavy atom. The number of allylic oxidation sites excluding steroid dienone is 2. The van der Waals surface area contributed by atoms with Crippen molar-refractivity contribution in [1.82, 2.24) is 0 Å². The van der Waals surface area contributed by atoms with Gasteiger partial charge in [0.05, 0.1) is 0 Å². The molecule has 0 amide bonds. The summed E-state index contributed by atoms with van der Waals surface area (Å²) in [5, 5.41) is 8.31. The molecular weight excluding hydrogens is 215 g/mol. The molecule has 1 nitrogen and oxygen atoms in total. The second kappa shape index (κ2) is 2.28. The van der Waals surface area contributed by atoms with Gasteiger partial charge in [-0.25, -0.2) is 0 Å². The maximum absolute atomic E-state index is 11.9. The zero-order valence-electron chi connectivity index (χ0n) is 6.31. The van der Waals surface area contributed by atoms with Crippen LogP contribution < -0.4 is 0 Å². The Morgan fingerprint density at radius 1 is 1.15 bits per heavy atom. The molecular formula is C6H7F5OS. The lowest BCUT2D eigenvalue weighted by molar-refractivity contribution is 0.378. The summed E-state index contributed by atoms with van der Waals surface area (Å²) in [6, 6.07) is 0. The molecule has 0 saturated carbocycles. The van der Waals surface area contributed by atoms with Gasteiger partial charge in [-0.05, 0) is 6.08 Å². The van der Waals surface area contributed by atoms with Crippen LogP contribution in [0.5, 0.6) is 0 Å². The van der Waals surface area contributed by atoms with Crippen LogP contribution in [-0.4, -0.2) is 5.11 Å². The predicted octanol–water partition coefficient (Wildman–Crippen LogP) is 4.43. The Labute approximate surface area is 71.6 Å². The first kappa shape index (κ1) is 12.0. The average Bonchev–Trinajstić information content (AvgIpc) is 1.76. The van der Waals surface area contributed by atoms with Crippen LogP contribution in [0.4, 0.5) is 19.4 Å². The van der Waals surface area contributed by atoms with Crippen LogP contribution in [0.25, 0.3) is 0 Å². The summed E-state index contributed by atoms with van der Waals surface area (Å²) in [7, 11) is -9.72. The largest absolute Gasteiger partial charge is 0.509 e. The second-order valence-electron chi connectivity index (χ2n) is 2.21. The van der Waals surface area contributed by atoms with Gasteiger partial charge in [-0.1, -0.05) is 32.6 Å². The average molecular weight is 222 g/mol. The van der Waals surface area contributed by atoms with Crippen molar-refractivity contribution in [3.8, 4) is 0 Å². The van der Waals surface area contributed by atoms with E-state index in [1.807, 2.05) is 0 Å². The van der Waals surface area contributed by atoms with Gasteiger partial charge in [0.1, 0.15) is 10.7 Å². The minimum atomic E-state index is -9.72. The van der Waals surface area contributed by atoms with E-state index < -0.39 is 20.9 Å². The molecule has 7 heteroatoms. The van der Waals surface area contributed by atoms with E-state index in [0.29, 0.717) is 0 Å². The quantitative estimate of drug-likeness (QED) is 0.425. The van der Waals surface area contributed by atoms with Gasteiger partial charge in [0.2, 0.25) is 0 Å². The van der Waals surface area contributed by atoms with Crippen molar-refractivity contribution in [3.63, 3.8) is 0 Å². The van der Waals surface area contributed by atoms with Crippen molar-refractivity contribution in [3.05, 3.63) is 36.0 Å². The lowest BCUT2D eigenvalue weighted by Gasteiger charge is -2.41. The van der Waals surface area contributed by atoms with Crippen LogP contribution in [-0.2, 0) is 0 Å². The molecule has 0 aromatic rings. The molecule has 0 aliphatic carbocycles. The SMILES string of the molecule is C=C/C(=C\C(=C)O)S(F)(F)(F)(F)F. The lowest BCUT2D eigenvalue weighted by atomic mass is 10.4. The lowest BCUT2D eigenvalue weighted by Crippen LogP contribution is -2.07. The molecule has 0 atom stereocenters. The van der Waals surface area contributed by atoms with Crippen LogP contribution in [0.2, 0.25) is 0 Å². The summed E-state index contributed by atoms with van der Waals surface area (Å²) in [6.45, 7) is 5.22. The number of hydrogen-bond acceptors (Lipinski definition) is 1. The van der Waals surface area contributed by atoms with E-state index in [9.17, 15) is 19.4 Å². The van der Waals surface area contributed by atoms with E-state index in [1.165, 1.54) is 0 Å². The molecule has 0 bridgehead atoms. The smallest absolute Gasteiger partial charge is 0.310 e. The van der Waals surface area contributed by atoms with Gasteiger partial charge in [-0.15, -0.1) is 0 Å². The zero-order chi connectivity index (χ0) is 11.0. The molecule has 0 unspecified atom stereocenters. The molecule has 1 N–H and O–H groups in total. The van der Waals surface area contributed by atoms with Gasteiger partial charge >= 0.3 is 10.2 Å². The van der Waals surface area contributed by atoms with Crippen molar-refractivity contribution in [1.29, 1.82) is 0 Å². The predicted molar refractivity (Wildman–Crippen MR) is 43.2 cm³/mol. The van der Waals surface area contributed by atoms with Crippen molar-refractivity contribution in [2.24, 2.45) is 0 Å². The molecule has 0 aliphatic heterocycles. The molecule has 0 aromatic carbocycles. The van der Waals surface area contributed by atoms with Crippen LogP contribution in [0.3, 0.4) is 0 Å². The molecule has 78 valence electrons. The maximum Gasteiger partial charge on any atom is 0.310 e. The topological polar surface area (TPSA) is 20.2 Å². The van der Waals surface area contributed by atoms with Crippen molar-refractivity contribution >= 4 is 10.2 Å². The summed E-state index contributed by atoms with van der Waals surface area (Å²) < 4.78 is 59.7. The van der Waals surface area contributed by atoms with Gasteiger partial charge < -0.3 is 5.11 Å². The van der Waals surface area contributed by atoms with Crippen LogP contribution in [0.1, 0.15) is 0 Å². The minimum absolute atomic E-state index is 0.0665. The fraction of sp³-hybridized carbons (Fsp3) is 0. The minimum Gasteiger partial charge on any atom is -0.509 e. The highest BCUT2D eigenvalue weighted by atomic mass is 32.5. The van der Waals surface area contributed by atoms with Gasteiger partial charge in [0.15, 0.2) is 0 Å². The number of rotatable bonds is 3. The summed E-state index contributed by atoms with van der Waals surface area (Å²) in [4.78, 5) is -2.26. The van der Waals surface area contributed by atoms with E-state index >= 15 is 0 Å². The Morgan fingerprint density at radius 2 is 1.54 bits per heavy atom. The molecule has 0 heterocycles. The molecule has 0 fully saturated rings. The number of aliphatic hydroxyl groups is 1. The molecule has 0 aromatic heterocycles. The van der Waals surface area contributed by atoms with Crippen molar-refractivity contribution in [2.75, 3.05) is 0 Å². The fourth-order valence-corrected chi connectivity index (χ4v) is 1.17. The molecule has 0 saturated heterocycles. The number of halogens is 5. The first-order valence-corrected chi connectivity index (χ1v) is 4.78. The number of hydrogen-bond donors (Lipinski definition) is 1. The third kappa shape index (κ3) is 3.97. The highest BCUT2D eigenvalue weighted by Gasteiger charge is 2.66. The zero-order valence-corrected chi connectivity index (χ0v) is 7.13. The van der Waals surface area contributed by atoms with Crippen LogP contribution in [0, 0.1) is 0 Å². The third-order valence-electron chi connectivity index (χ3n) is 0.955. The Balaban J connectivity index is 5.53. The van der Waals surface area contributed by atoms with E-state index in [4.69, 9.17) is 5.11 Å². The second-order valence-corrected chi connectivity index (χ2v) is 4.62. The summed E-state index contributed by atoms with van der Waals surface area (Å²) in [5.41, 5.74) is 0. The van der Waals surface area contributed by atoms with E-state index in [2.05, 4.69) is 13.2 Å². The third-order valence-corrected chi connectivity index (χ3v) is 2.13. The first-order valence-electron chi connectivity index (χ1n) is 2.83. The molecule has 13 heavy (non-hydrogen) atoms. The Bertz CT molecular complexity index is 284. The molecule has 0 aliphatic rings. The summed E-state index contributed by atoms with van der Waals surface area (Å²) in [5.74, 6) is -1.11. The van der Waals surface area contributed by atoms with E-state index in [1.54, 1.807) is 0 Å². The standard InChI is InChI=1S/C6H7F5OS/c1-3-6(4-5(2)12)13(7,8,9,10)11/h3-4,12H,1-2H2/b6-4+. The summed E-state index contributed by atoms with van der Waals surface area (Å²) >= 11 is 0. The Hall–Kier alpha value is -0.980. The fourth-order valence-electron chi connectivity index (χ4n) is 0.492. The highest BCUT2D eigenvalue weighted by molar-refractivity contribution is 8.48. The maximum atomic E-state index is 11.9. The van der Waals surface area contributed by atoms with E-state index in [0.717, 1.165) is 0 Å². The van der Waals surface area contributed by atoms with Crippen LogP contribution >= 0.6 is 10.2 Å².